The van der Waals surface area contributed by atoms with Gasteiger partial charge in [0.15, 0.2) is 6.10 Å². The highest BCUT2D eigenvalue weighted by atomic mass is 16.5. The average molecular weight is 369 g/mol. The maximum absolute atomic E-state index is 12.8. The Balaban J connectivity index is 1.62. The Hall–Kier alpha value is -1.91. The lowest BCUT2D eigenvalue weighted by Crippen LogP contribution is -2.48. The van der Waals surface area contributed by atoms with Crippen molar-refractivity contribution in [2.24, 2.45) is 11.7 Å². The molecule has 0 saturated heterocycles. The lowest BCUT2D eigenvalue weighted by atomic mass is 9.84. The summed E-state index contributed by atoms with van der Waals surface area (Å²) in [6.07, 6.45) is 6.58. The third-order valence-corrected chi connectivity index (χ3v) is 5.86. The summed E-state index contributed by atoms with van der Waals surface area (Å²) in [5.74, 6) is 0.499. The molecule has 1 fully saturated rings. The smallest absolute Gasteiger partial charge is 0.251 e. The zero-order valence-corrected chi connectivity index (χ0v) is 16.5. The first-order chi connectivity index (χ1) is 13.1. The van der Waals surface area contributed by atoms with Gasteiger partial charge in [0.05, 0.1) is 6.04 Å². The highest BCUT2D eigenvalue weighted by Gasteiger charge is 2.29. The van der Waals surface area contributed by atoms with Crippen molar-refractivity contribution in [1.82, 2.24) is 5.32 Å². The van der Waals surface area contributed by atoms with E-state index in [1.54, 1.807) is 7.11 Å². The van der Waals surface area contributed by atoms with Crippen LogP contribution in [0, 0.1) is 5.92 Å². The van der Waals surface area contributed by atoms with Gasteiger partial charge in [-0.25, -0.2) is 0 Å². The quantitative estimate of drug-likeness (QED) is 0.764. The Bertz CT molecular complexity index is 755. The molecule has 1 amide bonds. The average Bonchev–Trinajstić information content (AvgIpc) is 2.68. The third-order valence-electron chi connectivity index (χ3n) is 5.86. The molecule has 2 unspecified atom stereocenters. The van der Waals surface area contributed by atoms with E-state index in [2.05, 4.69) is 35.6 Å². The molecule has 0 radical (unpaired) electrons. The lowest BCUT2D eigenvalue weighted by Gasteiger charge is -2.29. The van der Waals surface area contributed by atoms with Gasteiger partial charge in [0.1, 0.15) is 0 Å². The van der Waals surface area contributed by atoms with Gasteiger partial charge in [-0.3, -0.25) is 4.79 Å². The fourth-order valence-electron chi connectivity index (χ4n) is 4.26. The fraction of sp³-hybridized carbons (Fsp3) is 0.522. The number of hydrogen-bond donors (Lipinski definition) is 2. The number of methoxy groups -OCH3 is 1. The Morgan fingerprint density at radius 2 is 1.85 bits per heavy atom. The first-order valence-corrected chi connectivity index (χ1v) is 10.2. The molecule has 146 valence electrons. The van der Waals surface area contributed by atoms with Gasteiger partial charge >= 0.3 is 0 Å². The van der Waals surface area contributed by atoms with Crippen molar-refractivity contribution >= 4 is 16.7 Å². The van der Waals surface area contributed by atoms with Gasteiger partial charge in [0.2, 0.25) is 0 Å². The number of fused-ring (bicyclic) bond motifs is 1. The number of rotatable bonds is 7. The molecule has 2 aromatic rings. The van der Waals surface area contributed by atoms with E-state index in [4.69, 9.17) is 10.5 Å². The molecule has 4 heteroatoms. The molecule has 0 bridgehead atoms. The molecular formula is C23H32N2O2. The highest BCUT2D eigenvalue weighted by molar-refractivity contribution is 5.84. The second-order valence-corrected chi connectivity index (χ2v) is 7.90. The van der Waals surface area contributed by atoms with Crippen LogP contribution >= 0.6 is 0 Å². The number of amides is 1. The predicted molar refractivity (Wildman–Crippen MR) is 110 cm³/mol. The number of benzene rings is 2. The van der Waals surface area contributed by atoms with Crippen LogP contribution in [0.15, 0.2) is 42.5 Å². The first-order valence-electron chi connectivity index (χ1n) is 10.2. The van der Waals surface area contributed by atoms with Gasteiger partial charge in [0, 0.05) is 13.2 Å². The molecule has 3 rings (SSSR count). The van der Waals surface area contributed by atoms with Gasteiger partial charge in [-0.2, -0.15) is 0 Å². The molecular weight excluding hydrogens is 336 g/mol. The number of nitrogens with two attached hydrogens (primary N) is 1. The Morgan fingerprint density at radius 1 is 1.15 bits per heavy atom. The van der Waals surface area contributed by atoms with E-state index in [9.17, 15) is 4.79 Å². The number of ether oxygens (including phenoxy) is 1. The minimum atomic E-state index is -0.602. The molecule has 3 atom stereocenters. The van der Waals surface area contributed by atoms with E-state index in [1.165, 1.54) is 42.9 Å². The minimum absolute atomic E-state index is 0.0957. The third kappa shape index (κ3) is 5.08. The topological polar surface area (TPSA) is 64.3 Å². The number of carbonyl (C=O) groups is 1. The number of carbonyl (C=O) groups excluding carboxylic acids is 1. The summed E-state index contributed by atoms with van der Waals surface area (Å²) in [5.41, 5.74) is 7.44. The summed E-state index contributed by atoms with van der Waals surface area (Å²) in [7, 11) is 1.58. The molecule has 4 nitrogen and oxygen atoms in total. The van der Waals surface area contributed by atoms with Gasteiger partial charge in [-0.1, -0.05) is 68.5 Å². The normalized spacial score (nSPS) is 18.8. The molecule has 0 aromatic heterocycles. The van der Waals surface area contributed by atoms with E-state index < -0.39 is 6.10 Å². The standard InChI is InChI=1S/C23H32N2O2/c1-16(19-13-12-18-10-6-7-11-20(18)15-19)25-23(26)22(27-2)21(24)14-17-8-4-3-5-9-17/h6-7,10-13,15-17,21-22H,3-5,8-9,14,24H2,1-2H3,(H,25,26)/t16-,21?,22?/m0/s1. The monoisotopic (exact) mass is 368 g/mol. The fourth-order valence-corrected chi connectivity index (χ4v) is 4.26. The van der Waals surface area contributed by atoms with Crippen LogP contribution in [-0.2, 0) is 9.53 Å². The van der Waals surface area contributed by atoms with Crippen molar-refractivity contribution in [2.45, 2.75) is 63.6 Å². The Kier molecular flexibility index (Phi) is 6.86. The van der Waals surface area contributed by atoms with E-state index in [-0.39, 0.29) is 18.0 Å². The Labute approximate surface area is 162 Å². The first kappa shape index (κ1) is 19.8. The van der Waals surface area contributed by atoms with Crippen LogP contribution in [0.1, 0.15) is 57.1 Å². The van der Waals surface area contributed by atoms with Crippen LogP contribution in [-0.4, -0.2) is 25.2 Å². The molecule has 0 aliphatic heterocycles. The maximum Gasteiger partial charge on any atom is 0.251 e. The summed E-state index contributed by atoms with van der Waals surface area (Å²) in [6.45, 7) is 2.00. The maximum atomic E-state index is 12.8. The molecule has 0 heterocycles. The van der Waals surface area contributed by atoms with Crippen LogP contribution in [0.5, 0.6) is 0 Å². The lowest BCUT2D eigenvalue weighted by molar-refractivity contribution is -0.133. The van der Waals surface area contributed by atoms with Crippen molar-refractivity contribution in [3.8, 4) is 0 Å². The van der Waals surface area contributed by atoms with E-state index >= 15 is 0 Å². The summed E-state index contributed by atoms with van der Waals surface area (Å²) >= 11 is 0. The van der Waals surface area contributed by atoms with Crippen molar-refractivity contribution in [1.29, 1.82) is 0 Å². The van der Waals surface area contributed by atoms with Crippen molar-refractivity contribution in [3.63, 3.8) is 0 Å². The SMILES string of the molecule is COC(C(=O)N[C@@H](C)c1ccc2ccccc2c1)C(N)CC1CCCCC1. The van der Waals surface area contributed by atoms with E-state index in [1.807, 2.05) is 19.1 Å². The van der Waals surface area contributed by atoms with Crippen molar-refractivity contribution < 1.29 is 9.53 Å². The number of nitrogens with one attached hydrogen (secondary N) is 1. The summed E-state index contributed by atoms with van der Waals surface area (Å²) in [4.78, 5) is 12.8. The minimum Gasteiger partial charge on any atom is -0.370 e. The largest absolute Gasteiger partial charge is 0.370 e. The molecule has 2 aromatic carbocycles. The van der Waals surface area contributed by atoms with E-state index in [0.29, 0.717) is 5.92 Å². The Morgan fingerprint density at radius 3 is 2.56 bits per heavy atom. The van der Waals surface area contributed by atoms with Crippen LogP contribution < -0.4 is 11.1 Å². The summed E-state index contributed by atoms with van der Waals surface area (Å²) in [6, 6.07) is 14.2. The van der Waals surface area contributed by atoms with Crippen molar-refractivity contribution in [2.75, 3.05) is 7.11 Å². The summed E-state index contributed by atoms with van der Waals surface area (Å²) in [5, 5.41) is 5.46. The van der Waals surface area contributed by atoms with E-state index in [0.717, 1.165) is 12.0 Å². The highest BCUT2D eigenvalue weighted by Crippen LogP contribution is 2.28. The molecule has 1 saturated carbocycles. The van der Waals surface area contributed by atoms with Gasteiger partial charge in [-0.05, 0) is 41.7 Å². The van der Waals surface area contributed by atoms with Gasteiger partial charge in [0.25, 0.3) is 5.91 Å². The van der Waals surface area contributed by atoms with Crippen LogP contribution in [0.4, 0.5) is 0 Å². The molecule has 1 aliphatic carbocycles. The zero-order chi connectivity index (χ0) is 19.2. The predicted octanol–water partition coefficient (Wildman–Crippen LogP) is 4.33. The van der Waals surface area contributed by atoms with Crippen molar-refractivity contribution in [3.05, 3.63) is 48.0 Å². The number of hydrogen-bond acceptors (Lipinski definition) is 3. The molecule has 3 N–H and O–H groups in total. The molecule has 27 heavy (non-hydrogen) atoms. The molecule has 1 aliphatic rings. The second kappa shape index (κ2) is 9.34. The zero-order valence-electron chi connectivity index (χ0n) is 16.5. The van der Waals surface area contributed by atoms with Crippen LogP contribution in [0.2, 0.25) is 0 Å². The van der Waals surface area contributed by atoms with Gasteiger partial charge in [-0.15, -0.1) is 0 Å². The van der Waals surface area contributed by atoms with Crippen LogP contribution in [0.3, 0.4) is 0 Å². The van der Waals surface area contributed by atoms with Crippen LogP contribution in [0.25, 0.3) is 10.8 Å². The molecule has 0 spiro atoms. The summed E-state index contributed by atoms with van der Waals surface area (Å²) < 4.78 is 5.49. The second-order valence-electron chi connectivity index (χ2n) is 7.90. The van der Waals surface area contributed by atoms with Gasteiger partial charge < -0.3 is 15.8 Å².